The minimum atomic E-state index is -0.876. The number of benzene rings is 2. The van der Waals surface area contributed by atoms with Gasteiger partial charge in [0.05, 0.1) is 19.6 Å². The second-order valence-corrected chi connectivity index (χ2v) is 8.18. The van der Waals surface area contributed by atoms with Gasteiger partial charge in [-0.15, -0.1) is 0 Å². The number of thiocarbonyl (C=S) groups is 1. The summed E-state index contributed by atoms with van der Waals surface area (Å²) >= 11 is 5.41. The fraction of sp³-hybridized carbons (Fsp3) is 0.360. The van der Waals surface area contributed by atoms with Crippen molar-refractivity contribution in [3.8, 4) is 5.75 Å². The molecule has 0 aliphatic carbocycles. The van der Waals surface area contributed by atoms with Crippen molar-refractivity contribution in [1.29, 1.82) is 0 Å². The molecule has 1 fully saturated rings. The molecule has 1 aliphatic rings. The number of hydrogen-bond donors (Lipinski definition) is 2. The van der Waals surface area contributed by atoms with Crippen LogP contribution < -0.4 is 15.4 Å². The zero-order valence-corrected chi connectivity index (χ0v) is 20.3. The molecule has 0 saturated carbocycles. The third-order valence-electron chi connectivity index (χ3n) is 5.32. The van der Waals surface area contributed by atoms with Crippen LogP contribution in [0.25, 0.3) is 0 Å². The van der Waals surface area contributed by atoms with Gasteiger partial charge in [0.15, 0.2) is 5.11 Å². The lowest BCUT2D eigenvalue weighted by Crippen LogP contribution is -2.60. The predicted octanol–water partition coefficient (Wildman–Crippen LogP) is 1.70. The van der Waals surface area contributed by atoms with E-state index in [2.05, 4.69) is 10.6 Å². The highest BCUT2D eigenvalue weighted by Gasteiger charge is 2.34. The van der Waals surface area contributed by atoms with Crippen molar-refractivity contribution in [2.45, 2.75) is 18.9 Å². The Balaban J connectivity index is 1.56. The van der Waals surface area contributed by atoms with Crippen molar-refractivity contribution in [2.24, 2.45) is 0 Å². The summed E-state index contributed by atoms with van der Waals surface area (Å²) in [6, 6.07) is 15.9. The molecule has 9 nitrogen and oxygen atoms in total. The molecule has 3 rings (SSSR count). The van der Waals surface area contributed by atoms with E-state index in [0.29, 0.717) is 31.0 Å². The molecule has 10 heteroatoms. The first-order valence-electron chi connectivity index (χ1n) is 11.3. The van der Waals surface area contributed by atoms with Crippen LogP contribution in [0.15, 0.2) is 54.6 Å². The normalized spacial score (nSPS) is 15.2. The quantitative estimate of drug-likeness (QED) is 0.289. The fourth-order valence-corrected chi connectivity index (χ4v) is 3.83. The summed E-state index contributed by atoms with van der Waals surface area (Å²) in [4.78, 5) is 38.9. The van der Waals surface area contributed by atoms with Crippen LogP contribution in [-0.2, 0) is 25.5 Å². The summed E-state index contributed by atoms with van der Waals surface area (Å²) < 4.78 is 15.7. The number of carbonyl (C=O) groups is 3. The second-order valence-electron chi connectivity index (χ2n) is 7.79. The van der Waals surface area contributed by atoms with Crippen LogP contribution in [0.1, 0.15) is 22.3 Å². The van der Waals surface area contributed by atoms with Gasteiger partial charge >= 0.3 is 5.97 Å². The lowest BCUT2D eigenvalue weighted by molar-refractivity contribution is -0.148. The van der Waals surface area contributed by atoms with Gasteiger partial charge in [-0.2, -0.15) is 0 Å². The number of hydrogen-bond acceptors (Lipinski definition) is 7. The van der Waals surface area contributed by atoms with Gasteiger partial charge in [-0.05, 0) is 36.0 Å². The molecule has 1 saturated heterocycles. The van der Waals surface area contributed by atoms with Gasteiger partial charge in [0.1, 0.15) is 18.4 Å². The monoisotopic (exact) mass is 499 g/mol. The van der Waals surface area contributed by atoms with Crippen LogP contribution >= 0.6 is 12.2 Å². The van der Waals surface area contributed by atoms with Gasteiger partial charge in [0.25, 0.3) is 5.91 Å². The van der Waals surface area contributed by atoms with Gasteiger partial charge in [0.2, 0.25) is 5.91 Å². The Morgan fingerprint density at radius 3 is 2.69 bits per heavy atom. The maximum Gasteiger partial charge on any atom is 0.308 e. The molecule has 2 N–H and O–H groups in total. The van der Waals surface area contributed by atoms with Crippen LogP contribution in [0.5, 0.6) is 5.75 Å². The number of methoxy groups -OCH3 is 1. The minimum absolute atomic E-state index is 0.0648. The molecule has 1 unspecified atom stereocenters. The zero-order chi connectivity index (χ0) is 25.0. The Kier molecular flexibility index (Phi) is 10.00. The van der Waals surface area contributed by atoms with Crippen molar-refractivity contribution in [3.63, 3.8) is 0 Å². The molecule has 2 aromatic rings. The molecule has 2 aromatic carbocycles. The average Bonchev–Trinajstić information content (AvgIpc) is 2.86. The summed E-state index contributed by atoms with van der Waals surface area (Å²) in [7, 11) is 1.50. The number of ether oxygens (including phenoxy) is 3. The van der Waals surface area contributed by atoms with Crippen molar-refractivity contribution >= 4 is 35.1 Å². The Morgan fingerprint density at radius 1 is 1.11 bits per heavy atom. The minimum Gasteiger partial charge on any atom is -0.493 e. The molecule has 0 radical (unpaired) electrons. The third-order valence-corrected chi connectivity index (χ3v) is 5.66. The summed E-state index contributed by atoms with van der Waals surface area (Å²) in [5, 5.41) is 5.44. The van der Waals surface area contributed by atoms with E-state index in [1.807, 2.05) is 30.3 Å². The SMILES string of the molecule is COCCOC(=O)CC1C(=O)NCCN1C(=S)NC(=O)c1cccc(OCCc2ccccc2)c1. The molecule has 186 valence electrons. The maximum atomic E-state index is 12.8. The lowest BCUT2D eigenvalue weighted by atomic mass is 10.1. The Morgan fingerprint density at radius 2 is 1.91 bits per heavy atom. The molecule has 1 aliphatic heterocycles. The smallest absolute Gasteiger partial charge is 0.308 e. The van der Waals surface area contributed by atoms with E-state index in [1.165, 1.54) is 12.0 Å². The molecule has 0 aromatic heterocycles. The van der Waals surface area contributed by atoms with E-state index >= 15 is 0 Å². The van der Waals surface area contributed by atoms with Crippen molar-refractivity contribution in [3.05, 3.63) is 65.7 Å². The van der Waals surface area contributed by atoms with Crippen molar-refractivity contribution in [2.75, 3.05) is 40.0 Å². The summed E-state index contributed by atoms with van der Waals surface area (Å²) in [5.74, 6) is -0.779. The van der Waals surface area contributed by atoms with E-state index < -0.39 is 17.9 Å². The largest absolute Gasteiger partial charge is 0.493 e. The van der Waals surface area contributed by atoms with Crippen molar-refractivity contribution < 1.29 is 28.6 Å². The van der Waals surface area contributed by atoms with Crippen LogP contribution in [0.3, 0.4) is 0 Å². The van der Waals surface area contributed by atoms with Crippen molar-refractivity contribution in [1.82, 2.24) is 15.5 Å². The Bertz CT molecular complexity index is 1030. The number of nitrogens with one attached hydrogen (secondary N) is 2. The second kappa shape index (κ2) is 13.4. The Hall–Kier alpha value is -3.50. The molecule has 1 atom stereocenters. The van der Waals surface area contributed by atoms with E-state index in [1.54, 1.807) is 24.3 Å². The zero-order valence-electron chi connectivity index (χ0n) is 19.5. The molecular formula is C25H29N3O6S. The first-order chi connectivity index (χ1) is 17.0. The standard InChI is InChI=1S/C25H29N3O6S/c1-32-14-15-34-22(29)17-21-24(31)26-11-12-28(21)25(35)27-23(30)19-8-5-9-20(16-19)33-13-10-18-6-3-2-4-7-18/h2-9,16,21H,10-15,17H2,1H3,(H,26,31)(H,27,30,35). The van der Waals surface area contributed by atoms with Crippen LogP contribution in [0.4, 0.5) is 0 Å². The first kappa shape index (κ1) is 26.1. The molecule has 2 amide bonds. The number of amides is 2. The molecule has 0 spiro atoms. The van der Waals surface area contributed by atoms with E-state index in [4.69, 9.17) is 26.4 Å². The van der Waals surface area contributed by atoms with Gasteiger partial charge < -0.3 is 24.4 Å². The third kappa shape index (κ3) is 8.04. The summed E-state index contributed by atoms with van der Waals surface area (Å²) in [6.45, 7) is 1.52. The predicted molar refractivity (Wildman–Crippen MR) is 133 cm³/mol. The topological polar surface area (TPSA) is 106 Å². The van der Waals surface area contributed by atoms with Crippen LogP contribution in [-0.4, -0.2) is 73.9 Å². The Labute approximate surface area is 209 Å². The average molecular weight is 500 g/mol. The lowest BCUT2D eigenvalue weighted by Gasteiger charge is -2.36. The van der Waals surface area contributed by atoms with Crippen LogP contribution in [0, 0.1) is 0 Å². The molecule has 35 heavy (non-hydrogen) atoms. The van der Waals surface area contributed by atoms with Gasteiger partial charge in [-0.3, -0.25) is 19.7 Å². The summed E-state index contributed by atoms with van der Waals surface area (Å²) in [6.07, 6.45) is 0.546. The highest BCUT2D eigenvalue weighted by Crippen LogP contribution is 2.15. The number of carbonyl (C=O) groups excluding carboxylic acids is 3. The number of rotatable bonds is 10. The molecular weight excluding hydrogens is 470 g/mol. The number of nitrogens with zero attached hydrogens (tertiary/aromatic N) is 1. The molecule has 1 heterocycles. The van der Waals surface area contributed by atoms with E-state index in [-0.39, 0.29) is 30.7 Å². The van der Waals surface area contributed by atoms with Gasteiger partial charge in [0, 0.05) is 32.2 Å². The summed E-state index contributed by atoms with van der Waals surface area (Å²) in [5.41, 5.74) is 1.52. The first-order valence-corrected chi connectivity index (χ1v) is 11.7. The van der Waals surface area contributed by atoms with Gasteiger partial charge in [-0.25, -0.2) is 0 Å². The number of piperazine rings is 1. The fourth-order valence-electron chi connectivity index (χ4n) is 3.52. The number of esters is 1. The van der Waals surface area contributed by atoms with Gasteiger partial charge in [-0.1, -0.05) is 36.4 Å². The highest BCUT2D eigenvalue weighted by atomic mass is 32.1. The van der Waals surface area contributed by atoms with Crippen LogP contribution in [0.2, 0.25) is 0 Å². The van der Waals surface area contributed by atoms with E-state index in [0.717, 1.165) is 12.0 Å². The van der Waals surface area contributed by atoms with E-state index in [9.17, 15) is 14.4 Å². The maximum absolute atomic E-state index is 12.8. The highest BCUT2D eigenvalue weighted by molar-refractivity contribution is 7.80. The molecule has 0 bridgehead atoms.